The molecule has 3 rings (SSSR count). The summed E-state index contributed by atoms with van der Waals surface area (Å²) in [5.41, 5.74) is 14.2. The van der Waals surface area contributed by atoms with Gasteiger partial charge in [0, 0.05) is 36.8 Å². The average Bonchev–Trinajstić information content (AvgIpc) is 2.82. The van der Waals surface area contributed by atoms with Crippen LogP contribution in [0.5, 0.6) is 0 Å². The summed E-state index contributed by atoms with van der Waals surface area (Å²) in [7, 11) is -2.87. The Morgan fingerprint density at radius 3 is 2.25 bits per heavy atom. The van der Waals surface area contributed by atoms with Crippen molar-refractivity contribution in [1.29, 1.82) is 0 Å². The van der Waals surface area contributed by atoms with Gasteiger partial charge in [0.05, 0.1) is 11.5 Å². The molecule has 2 aromatic rings. The number of carbonyl (C=O) groups excluding carboxylic acids is 2. The van der Waals surface area contributed by atoms with E-state index >= 15 is 0 Å². The van der Waals surface area contributed by atoms with Crippen molar-refractivity contribution in [2.24, 2.45) is 11.5 Å². The highest BCUT2D eigenvalue weighted by atomic mass is 32.2. The minimum Gasteiger partial charge on any atom is -0.412 e. The maximum atomic E-state index is 12.3. The molecule has 1 aliphatic heterocycles. The summed E-state index contributed by atoms with van der Waals surface area (Å²) in [6, 6.07) is 13.2. The quantitative estimate of drug-likeness (QED) is 0.444. The number of amides is 2. The molecule has 9 nitrogen and oxygen atoms in total. The normalized spacial score (nSPS) is 16.7. The molecule has 0 radical (unpaired) electrons. The third-order valence-electron chi connectivity index (χ3n) is 5.66. The molecular weight excluding hydrogens is 480 g/mol. The number of primary amides is 1. The number of rotatable bonds is 7. The summed E-state index contributed by atoms with van der Waals surface area (Å²) in [5.74, 6) is 5.42. The molecule has 0 bridgehead atoms. The molecule has 0 aliphatic carbocycles. The highest BCUT2D eigenvalue weighted by molar-refractivity contribution is 7.91. The number of hydrogen-bond donors (Lipinski definition) is 3. The lowest BCUT2D eigenvalue weighted by atomic mass is 10.1. The molecule has 1 heterocycles. The van der Waals surface area contributed by atoms with E-state index in [9.17, 15) is 18.0 Å². The highest BCUT2D eigenvalue weighted by Crippen LogP contribution is 2.11. The number of carbonyl (C=O) groups is 2. The third-order valence-corrected chi connectivity index (χ3v) is 7.27. The van der Waals surface area contributed by atoms with Crippen LogP contribution in [-0.4, -0.2) is 67.3 Å². The number of nitrogens with zero attached hydrogens (tertiary/aromatic N) is 1. The number of nitrogens with two attached hydrogens (primary N) is 2. The van der Waals surface area contributed by atoms with Crippen molar-refractivity contribution in [3.05, 3.63) is 76.9 Å². The first-order valence-electron chi connectivity index (χ1n) is 11.3. The summed E-state index contributed by atoms with van der Waals surface area (Å²) >= 11 is 0. The Morgan fingerprint density at radius 1 is 1.08 bits per heavy atom. The van der Waals surface area contributed by atoms with Gasteiger partial charge in [0.25, 0.3) is 5.91 Å². The molecule has 1 fully saturated rings. The van der Waals surface area contributed by atoms with Crippen molar-refractivity contribution in [2.45, 2.75) is 25.6 Å². The zero-order valence-corrected chi connectivity index (χ0v) is 20.9. The van der Waals surface area contributed by atoms with Gasteiger partial charge < -0.3 is 22.3 Å². The van der Waals surface area contributed by atoms with E-state index in [1.807, 2.05) is 30.3 Å². The molecule has 1 saturated heterocycles. The molecule has 2 aromatic carbocycles. The van der Waals surface area contributed by atoms with Crippen molar-refractivity contribution in [3.8, 4) is 11.8 Å². The van der Waals surface area contributed by atoms with Crippen molar-refractivity contribution in [2.75, 3.05) is 24.6 Å². The number of benzene rings is 2. The fourth-order valence-electron chi connectivity index (χ4n) is 3.55. The molecular formula is C26H32N4O5S. The second kappa shape index (κ2) is 13.0. The summed E-state index contributed by atoms with van der Waals surface area (Å²) in [5, 5.41) is 2.55. The maximum Gasteiger partial charge on any atom is 0.251 e. The molecule has 2 atom stereocenters. The van der Waals surface area contributed by atoms with E-state index in [4.69, 9.17) is 11.5 Å². The van der Waals surface area contributed by atoms with E-state index in [1.54, 1.807) is 37.3 Å². The number of hydrogen-bond acceptors (Lipinski definition) is 6. The summed E-state index contributed by atoms with van der Waals surface area (Å²) in [4.78, 5) is 25.9. The van der Waals surface area contributed by atoms with Crippen LogP contribution < -0.4 is 16.8 Å². The third kappa shape index (κ3) is 8.62. The van der Waals surface area contributed by atoms with Crippen LogP contribution in [-0.2, 0) is 21.2 Å². The van der Waals surface area contributed by atoms with Gasteiger partial charge in [0.2, 0.25) is 5.91 Å². The predicted octanol–water partition coefficient (Wildman–Crippen LogP) is 0.0881. The Morgan fingerprint density at radius 2 is 1.69 bits per heavy atom. The first-order chi connectivity index (χ1) is 16.6. The minimum absolute atomic E-state index is 0. The van der Waals surface area contributed by atoms with Crippen molar-refractivity contribution in [1.82, 2.24) is 10.2 Å². The van der Waals surface area contributed by atoms with Gasteiger partial charge in [-0.25, -0.2) is 8.42 Å². The minimum atomic E-state index is -2.87. The van der Waals surface area contributed by atoms with Gasteiger partial charge in [0.15, 0.2) is 9.84 Å². The van der Waals surface area contributed by atoms with Crippen LogP contribution in [0.15, 0.2) is 54.6 Å². The molecule has 7 N–H and O–H groups in total. The molecule has 0 saturated carbocycles. The van der Waals surface area contributed by atoms with Crippen LogP contribution in [0.1, 0.15) is 34.0 Å². The molecule has 2 amide bonds. The monoisotopic (exact) mass is 512 g/mol. The smallest absolute Gasteiger partial charge is 0.251 e. The Hall–Kier alpha value is -3.49. The maximum absolute atomic E-state index is 12.3. The molecule has 1 aliphatic rings. The summed E-state index contributed by atoms with van der Waals surface area (Å²) < 4.78 is 23.1. The van der Waals surface area contributed by atoms with Gasteiger partial charge in [-0.2, -0.15) is 0 Å². The topological polar surface area (TPSA) is 167 Å². The highest BCUT2D eigenvalue weighted by Gasteiger charge is 2.23. The largest absolute Gasteiger partial charge is 0.412 e. The molecule has 0 spiro atoms. The van der Waals surface area contributed by atoms with Crippen LogP contribution in [0.3, 0.4) is 0 Å². The van der Waals surface area contributed by atoms with Crippen LogP contribution in [0.25, 0.3) is 6.08 Å². The molecule has 192 valence electrons. The Balaban J connectivity index is 0.00000456. The SMILES string of the molecule is C[C@@H](N)[C@H](NC(=O)c1ccc(/C=C/C#Cc2ccc(CN3CCS(=O)(=O)CC3)cc2)cc1)C(N)=O.O. The van der Waals surface area contributed by atoms with Gasteiger partial charge in [-0.1, -0.05) is 36.1 Å². The van der Waals surface area contributed by atoms with Crippen LogP contribution >= 0.6 is 0 Å². The van der Waals surface area contributed by atoms with Gasteiger partial charge in [-0.3, -0.25) is 14.5 Å². The van der Waals surface area contributed by atoms with E-state index < -0.39 is 33.7 Å². The first kappa shape index (κ1) is 28.7. The van der Waals surface area contributed by atoms with Crippen molar-refractivity contribution < 1.29 is 23.5 Å². The zero-order chi connectivity index (χ0) is 25.4. The van der Waals surface area contributed by atoms with Gasteiger partial charge in [0.1, 0.15) is 6.04 Å². The van der Waals surface area contributed by atoms with E-state index in [0.717, 1.165) is 23.2 Å². The standard InChI is InChI=1S/C26H30N4O4S.H2O/c1-19(27)24(25(28)31)29-26(32)23-12-10-21(11-13-23)5-3-2-4-20-6-8-22(9-7-20)18-30-14-16-35(33,34)17-15-30;/h3,5-13,19,24H,14-18,27H2,1H3,(H2,28,31)(H,29,32);1H2/b5-3+;/t19-,24+;/m1./s1. The van der Waals surface area contributed by atoms with Crippen LogP contribution in [0.2, 0.25) is 0 Å². The van der Waals surface area contributed by atoms with Crippen molar-refractivity contribution in [3.63, 3.8) is 0 Å². The lowest BCUT2D eigenvalue weighted by Crippen LogP contribution is -2.53. The predicted molar refractivity (Wildman–Crippen MR) is 140 cm³/mol. The molecule has 0 aromatic heterocycles. The van der Waals surface area contributed by atoms with E-state index in [2.05, 4.69) is 22.1 Å². The second-order valence-corrected chi connectivity index (χ2v) is 10.9. The Labute approximate surface area is 211 Å². The number of allylic oxidation sites excluding steroid dienone is 1. The van der Waals surface area contributed by atoms with Crippen molar-refractivity contribution >= 4 is 27.7 Å². The summed E-state index contributed by atoms with van der Waals surface area (Å²) in [6.07, 6.45) is 3.57. The van der Waals surface area contributed by atoms with Crippen LogP contribution in [0, 0.1) is 11.8 Å². The lowest BCUT2D eigenvalue weighted by molar-refractivity contribution is -0.120. The van der Waals surface area contributed by atoms with Gasteiger partial charge in [-0.15, -0.1) is 0 Å². The number of nitrogens with one attached hydrogen (secondary N) is 1. The van der Waals surface area contributed by atoms with E-state index in [1.165, 1.54) is 0 Å². The van der Waals surface area contributed by atoms with E-state index in [-0.39, 0.29) is 17.0 Å². The second-order valence-electron chi connectivity index (χ2n) is 8.56. The first-order valence-corrected chi connectivity index (χ1v) is 13.1. The summed E-state index contributed by atoms with van der Waals surface area (Å²) in [6.45, 7) is 3.47. The molecule has 36 heavy (non-hydrogen) atoms. The Bertz CT molecular complexity index is 1230. The average molecular weight is 513 g/mol. The lowest BCUT2D eigenvalue weighted by Gasteiger charge is -2.26. The molecule has 10 heteroatoms. The Kier molecular flexibility index (Phi) is 10.4. The number of sulfone groups is 1. The van der Waals surface area contributed by atoms with E-state index in [0.29, 0.717) is 18.7 Å². The fourth-order valence-corrected chi connectivity index (χ4v) is 4.83. The van der Waals surface area contributed by atoms with Gasteiger partial charge >= 0.3 is 0 Å². The molecule has 0 unspecified atom stereocenters. The fraction of sp³-hybridized carbons (Fsp3) is 0.308. The zero-order valence-electron chi connectivity index (χ0n) is 20.1. The van der Waals surface area contributed by atoms with Gasteiger partial charge in [-0.05, 0) is 54.5 Å². The van der Waals surface area contributed by atoms with Crippen LogP contribution in [0.4, 0.5) is 0 Å².